The summed E-state index contributed by atoms with van der Waals surface area (Å²) in [5.74, 6) is -0.637. The van der Waals surface area contributed by atoms with E-state index in [2.05, 4.69) is 15.9 Å². The van der Waals surface area contributed by atoms with Crippen LogP contribution in [0, 0.1) is 0 Å². The van der Waals surface area contributed by atoms with Crippen LogP contribution in [0.5, 0.6) is 0 Å². The molecule has 1 aromatic carbocycles. The molecule has 0 atom stereocenters. The van der Waals surface area contributed by atoms with E-state index in [0.29, 0.717) is 23.0 Å². The van der Waals surface area contributed by atoms with Gasteiger partial charge in [-0.15, -0.1) is 0 Å². The Balaban J connectivity index is 3.11. The van der Waals surface area contributed by atoms with Gasteiger partial charge in [0, 0.05) is 21.8 Å². The van der Waals surface area contributed by atoms with Crippen molar-refractivity contribution in [2.75, 3.05) is 12.3 Å². The number of halogens is 4. The number of nitrogens with zero attached hydrogens (tertiary/aromatic N) is 1. The summed E-state index contributed by atoms with van der Waals surface area (Å²) in [6.45, 7) is 2.29. The molecule has 118 valence electrons. The van der Waals surface area contributed by atoms with E-state index in [9.17, 15) is 18.0 Å². The molecule has 0 saturated carbocycles. The Kier molecular flexibility index (Phi) is 6.07. The van der Waals surface area contributed by atoms with Crippen LogP contribution in [0.15, 0.2) is 22.7 Å². The number of hydrogen-bond acceptors (Lipinski definition) is 2. The minimum Gasteiger partial charge on any atom is -0.398 e. The maximum Gasteiger partial charge on any atom is 0.406 e. The van der Waals surface area contributed by atoms with Gasteiger partial charge in [-0.05, 0) is 47.0 Å². The van der Waals surface area contributed by atoms with E-state index in [1.54, 1.807) is 13.8 Å². The van der Waals surface area contributed by atoms with Crippen molar-refractivity contribution in [3.63, 3.8) is 0 Å². The van der Waals surface area contributed by atoms with E-state index in [1.165, 1.54) is 18.2 Å². The topological polar surface area (TPSA) is 46.3 Å². The first-order chi connectivity index (χ1) is 9.69. The van der Waals surface area contributed by atoms with Crippen molar-refractivity contribution in [2.45, 2.75) is 38.9 Å². The Morgan fingerprint density at radius 3 is 2.33 bits per heavy atom. The second-order valence-corrected chi connectivity index (χ2v) is 5.61. The first-order valence-corrected chi connectivity index (χ1v) is 7.41. The summed E-state index contributed by atoms with van der Waals surface area (Å²) in [6.07, 6.45) is -3.49. The van der Waals surface area contributed by atoms with Gasteiger partial charge in [0.05, 0.1) is 0 Å². The van der Waals surface area contributed by atoms with Gasteiger partial charge in [-0.2, -0.15) is 13.2 Å². The summed E-state index contributed by atoms with van der Waals surface area (Å²) < 4.78 is 38.7. The Hall–Kier alpha value is -1.24. The number of nitrogens with two attached hydrogens (primary N) is 1. The van der Waals surface area contributed by atoms with E-state index >= 15 is 0 Å². The standard InChI is InChI=1S/C14H18BrF3N2O/c1-3-10(4-2)20(8-14(16,17)18)13(21)9-5-6-12(19)11(15)7-9/h5-7,10H,3-4,8,19H2,1-2H3. The van der Waals surface area contributed by atoms with Crippen LogP contribution < -0.4 is 5.73 Å². The highest BCUT2D eigenvalue weighted by molar-refractivity contribution is 9.10. The summed E-state index contributed by atoms with van der Waals surface area (Å²) in [5.41, 5.74) is 6.24. The summed E-state index contributed by atoms with van der Waals surface area (Å²) in [5, 5.41) is 0. The molecule has 0 spiro atoms. The number of rotatable bonds is 5. The largest absolute Gasteiger partial charge is 0.406 e. The molecule has 21 heavy (non-hydrogen) atoms. The van der Waals surface area contributed by atoms with Crippen molar-refractivity contribution in [3.8, 4) is 0 Å². The molecule has 2 N–H and O–H groups in total. The summed E-state index contributed by atoms with van der Waals surface area (Å²) in [4.78, 5) is 13.3. The molecule has 0 saturated heterocycles. The number of amides is 1. The number of benzene rings is 1. The Labute approximate surface area is 130 Å². The minimum absolute atomic E-state index is 0.187. The van der Waals surface area contributed by atoms with Gasteiger partial charge in [-0.1, -0.05) is 13.8 Å². The Bertz CT molecular complexity index is 501. The predicted octanol–water partition coefficient (Wildman–Crippen LogP) is 4.22. The van der Waals surface area contributed by atoms with Crippen molar-refractivity contribution in [1.29, 1.82) is 0 Å². The van der Waals surface area contributed by atoms with E-state index in [4.69, 9.17) is 5.73 Å². The molecule has 1 aromatic rings. The molecular weight excluding hydrogens is 349 g/mol. The lowest BCUT2D eigenvalue weighted by Crippen LogP contribution is -2.45. The molecule has 1 rings (SSSR count). The van der Waals surface area contributed by atoms with Crippen molar-refractivity contribution in [3.05, 3.63) is 28.2 Å². The fourth-order valence-corrected chi connectivity index (χ4v) is 2.49. The predicted molar refractivity (Wildman–Crippen MR) is 80.0 cm³/mol. The van der Waals surface area contributed by atoms with E-state index < -0.39 is 24.7 Å². The van der Waals surface area contributed by atoms with Crippen molar-refractivity contribution in [2.24, 2.45) is 0 Å². The SMILES string of the molecule is CCC(CC)N(CC(F)(F)F)C(=O)c1ccc(N)c(Br)c1. The first kappa shape index (κ1) is 17.8. The lowest BCUT2D eigenvalue weighted by molar-refractivity contribution is -0.144. The van der Waals surface area contributed by atoms with Crippen LogP contribution in [0.4, 0.5) is 18.9 Å². The van der Waals surface area contributed by atoms with Gasteiger partial charge in [0.2, 0.25) is 0 Å². The smallest absolute Gasteiger partial charge is 0.398 e. The summed E-state index contributed by atoms with van der Waals surface area (Å²) in [7, 11) is 0. The van der Waals surface area contributed by atoms with Crippen LogP contribution in [0.25, 0.3) is 0 Å². The van der Waals surface area contributed by atoms with Crippen molar-refractivity contribution >= 4 is 27.5 Å². The number of carbonyl (C=O) groups excluding carboxylic acids is 1. The van der Waals surface area contributed by atoms with Crippen LogP contribution >= 0.6 is 15.9 Å². The maximum absolute atomic E-state index is 12.7. The number of nitrogen functional groups attached to an aromatic ring is 1. The van der Waals surface area contributed by atoms with Gasteiger partial charge < -0.3 is 10.6 Å². The summed E-state index contributed by atoms with van der Waals surface area (Å²) in [6, 6.07) is 3.93. The number of hydrogen-bond donors (Lipinski definition) is 1. The normalized spacial score (nSPS) is 11.8. The van der Waals surface area contributed by atoms with Gasteiger partial charge in [0.1, 0.15) is 6.54 Å². The second-order valence-electron chi connectivity index (χ2n) is 4.75. The molecule has 0 bridgehead atoms. The van der Waals surface area contributed by atoms with Gasteiger partial charge in [-0.3, -0.25) is 4.79 Å². The molecular formula is C14H18BrF3N2O. The zero-order valence-electron chi connectivity index (χ0n) is 11.9. The quantitative estimate of drug-likeness (QED) is 0.792. The van der Waals surface area contributed by atoms with Gasteiger partial charge in [0.25, 0.3) is 5.91 Å². The molecule has 0 aliphatic rings. The minimum atomic E-state index is -4.43. The van der Waals surface area contributed by atoms with Crippen LogP contribution in [-0.2, 0) is 0 Å². The highest BCUT2D eigenvalue weighted by atomic mass is 79.9. The molecule has 0 aromatic heterocycles. The fraction of sp³-hybridized carbons (Fsp3) is 0.500. The van der Waals surface area contributed by atoms with Crippen LogP contribution in [0.2, 0.25) is 0 Å². The highest BCUT2D eigenvalue weighted by Crippen LogP contribution is 2.25. The van der Waals surface area contributed by atoms with Crippen molar-refractivity contribution in [1.82, 2.24) is 4.90 Å². The second kappa shape index (κ2) is 7.15. The summed E-state index contributed by atoms with van der Waals surface area (Å²) >= 11 is 3.18. The number of alkyl halides is 3. The van der Waals surface area contributed by atoms with E-state index in [0.717, 1.165) is 4.90 Å². The fourth-order valence-electron chi connectivity index (χ4n) is 2.12. The number of anilines is 1. The average Bonchev–Trinajstić information content (AvgIpc) is 2.40. The van der Waals surface area contributed by atoms with E-state index in [1.807, 2.05) is 0 Å². The van der Waals surface area contributed by atoms with E-state index in [-0.39, 0.29) is 5.56 Å². The monoisotopic (exact) mass is 366 g/mol. The molecule has 0 heterocycles. The third kappa shape index (κ3) is 4.91. The highest BCUT2D eigenvalue weighted by Gasteiger charge is 2.36. The third-order valence-corrected chi connectivity index (χ3v) is 3.93. The molecule has 1 amide bonds. The van der Waals surface area contributed by atoms with Crippen molar-refractivity contribution < 1.29 is 18.0 Å². The van der Waals surface area contributed by atoms with Gasteiger partial charge in [-0.25, -0.2) is 0 Å². The van der Waals surface area contributed by atoms with Crippen LogP contribution in [-0.4, -0.2) is 29.6 Å². The first-order valence-electron chi connectivity index (χ1n) is 6.62. The van der Waals surface area contributed by atoms with Gasteiger partial charge >= 0.3 is 6.18 Å². The average molecular weight is 367 g/mol. The number of carbonyl (C=O) groups is 1. The molecule has 7 heteroatoms. The lowest BCUT2D eigenvalue weighted by atomic mass is 10.1. The molecule has 0 aliphatic carbocycles. The molecule has 0 aliphatic heterocycles. The van der Waals surface area contributed by atoms with Gasteiger partial charge in [0.15, 0.2) is 0 Å². The molecule has 0 unspecified atom stereocenters. The Morgan fingerprint density at radius 2 is 1.90 bits per heavy atom. The molecule has 0 radical (unpaired) electrons. The zero-order valence-corrected chi connectivity index (χ0v) is 13.5. The van der Waals surface area contributed by atoms with Crippen LogP contribution in [0.3, 0.4) is 0 Å². The lowest BCUT2D eigenvalue weighted by Gasteiger charge is -2.31. The Morgan fingerprint density at radius 1 is 1.33 bits per heavy atom. The van der Waals surface area contributed by atoms with Crippen LogP contribution in [0.1, 0.15) is 37.0 Å². The molecule has 3 nitrogen and oxygen atoms in total. The maximum atomic E-state index is 12.7. The third-order valence-electron chi connectivity index (χ3n) is 3.24. The zero-order chi connectivity index (χ0) is 16.2. The molecule has 0 fully saturated rings.